The third-order valence-corrected chi connectivity index (χ3v) is 4.73. The van der Waals surface area contributed by atoms with E-state index in [2.05, 4.69) is 10.4 Å². The molecule has 0 unspecified atom stereocenters. The highest BCUT2D eigenvalue weighted by Gasteiger charge is 2.20. The molecule has 7 nitrogen and oxygen atoms in total. The summed E-state index contributed by atoms with van der Waals surface area (Å²) in [5, 5.41) is 9.62. The first-order valence-corrected chi connectivity index (χ1v) is 9.63. The predicted molar refractivity (Wildman–Crippen MR) is 105 cm³/mol. The number of rotatable bonds is 6. The molecule has 0 saturated carbocycles. The van der Waals surface area contributed by atoms with Crippen LogP contribution < -0.4 is 5.32 Å². The minimum Gasteiger partial charge on any atom is -0.452 e. The summed E-state index contributed by atoms with van der Waals surface area (Å²) in [5.74, 6) is -0.901. The van der Waals surface area contributed by atoms with Gasteiger partial charge in [-0.15, -0.1) is 11.3 Å². The number of nitrogens with one attached hydrogen (secondary N) is 1. The summed E-state index contributed by atoms with van der Waals surface area (Å²) >= 11 is 1.54. The van der Waals surface area contributed by atoms with Crippen molar-refractivity contribution in [2.45, 2.75) is 39.8 Å². The van der Waals surface area contributed by atoms with Crippen molar-refractivity contribution in [1.82, 2.24) is 20.1 Å². The Morgan fingerprint density at radius 2 is 2.07 bits per heavy atom. The van der Waals surface area contributed by atoms with Gasteiger partial charge < -0.3 is 10.1 Å². The molecule has 0 bridgehead atoms. The normalized spacial score (nSPS) is 11.3. The van der Waals surface area contributed by atoms with Gasteiger partial charge in [0.05, 0.1) is 27.7 Å². The van der Waals surface area contributed by atoms with Crippen LogP contribution in [0.3, 0.4) is 0 Å². The van der Waals surface area contributed by atoms with Gasteiger partial charge in [-0.3, -0.25) is 4.79 Å². The van der Waals surface area contributed by atoms with Gasteiger partial charge in [-0.2, -0.15) is 5.10 Å². The number of hydrogen-bond acceptors (Lipinski definition) is 6. The molecule has 3 aromatic rings. The van der Waals surface area contributed by atoms with Gasteiger partial charge in [0.25, 0.3) is 5.91 Å². The van der Waals surface area contributed by atoms with E-state index < -0.39 is 5.97 Å². The zero-order valence-electron chi connectivity index (χ0n) is 15.7. The topological polar surface area (TPSA) is 86.1 Å². The molecule has 0 aliphatic carbocycles. The Labute approximate surface area is 161 Å². The van der Waals surface area contributed by atoms with Crippen molar-refractivity contribution in [2.75, 3.05) is 6.61 Å². The molecule has 8 heteroatoms. The zero-order chi connectivity index (χ0) is 19.6. The van der Waals surface area contributed by atoms with Crippen LogP contribution in [0.15, 0.2) is 29.8 Å². The number of ether oxygens (including phenoxy) is 1. The van der Waals surface area contributed by atoms with Crippen molar-refractivity contribution in [1.29, 1.82) is 0 Å². The van der Waals surface area contributed by atoms with E-state index in [0.717, 1.165) is 4.88 Å². The number of hydrogen-bond donors (Lipinski definition) is 1. The number of carbonyl (C=O) groups excluding carboxylic acids is 2. The maximum atomic E-state index is 12.7. The first-order valence-electron chi connectivity index (χ1n) is 8.75. The summed E-state index contributed by atoms with van der Waals surface area (Å²) in [7, 11) is 0. The lowest BCUT2D eigenvalue weighted by Gasteiger charge is -2.11. The molecule has 0 radical (unpaired) electrons. The molecule has 1 N–H and O–H groups in total. The van der Waals surface area contributed by atoms with Crippen molar-refractivity contribution in [2.24, 2.45) is 0 Å². The van der Waals surface area contributed by atoms with E-state index in [0.29, 0.717) is 22.3 Å². The van der Waals surface area contributed by atoms with E-state index in [1.165, 1.54) is 11.3 Å². The van der Waals surface area contributed by atoms with Crippen LogP contribution in [0.1, 0.15) is 44.1 Å². The second-order valence-electron chi connectivity index (χ2n) is 6.75. The van der Waals surface area contributed by atoms with Crippen molar-refractivity contribution in [3.05, 3.63) is 35.3 Å². The zero-order valence-corrected chi connectivity index (χ0v) is 16.5. The van der Waals surface area contributed by atoms with Crippen molar-refractivity contribution >= 4 is 34.2 Å². The quantitative estimate of drug-likeness (QED) is 0.656. The van der Waals surface area contributed by atoms with Crippen LogP contribution in [0, 0.1) is 0 Å². The number of esters is 1. The fourth-order valence-electron chi connectivity index (χ4n) is 2.69. The van der Waals surface area contributed by atoms with Gasteiger partial charge in [-0.1, -0.05) is 6.07 Å². The number of fused-ring (bicyclic) bond motifs is 1. The van der Waals surface area contributed by atoms with E-state index in [1.54, 1.807) is 16.9 Å². The molecule has 0 saturated heterocycles. The molecule has 27 heavy (non-hydrogen) atoms. The van der Waals surface area contributed by atoms with Crippen LogP contribution >= 0.6 is 11.3 Å². The van der Waals surface area contributed by atoms with Crippen LogP contribution in [-0.2, 0) is 9.53 Å². The second kappa shape index (κ2) is 7.87. The third kappa shape index (κ3) is 4.16. The lowest BCUT2D eigenvalue weighted by molar-refractivity contribution is -0.124. The monoisotopic (exact) mass is 386 g/mol. The van der Waals surface area contributed by atoms with Gasteiger partial charge >= 0.3 is 5.97 Å². The highest BCUT2D eigenvalue weighted by atomic mass is 32.1. The van der Waals surface area contributed by atoms with Crippen LogP contribution in [-0.4, -0.2) is 39.3 Å². The largest absolute Gasteiger partial charge is 0.452 e. The Balaban J connectivity index is 1.98. The van der Waals surface area contributed by atoms with Gasteiger partial charge in [-0.25, -0.2) is 14.5 Å². The SMILES string of the molecule is CC(C)NC(=O)COC(=O)c1cc(-c2cccs2)nc2c1cnn2C(C)C. The number of pyridine rings is 1. The van der Waals surface area contributed by atoms with Gasteiger partial charge in [0.15, 0.2) is 12.3 Å². The van der Waals surface area contributed by atoms with Crippen LogP contribution in [0.25, 0.3) is 21.6 Å². The lowest BCUT2D eigenvalue weighted by Crippen LogP contribution is -2.34. The van der Waals surface area contributed by atoms with Crippen LogP contribution in [0.4, 0.5) is 0 Å². The fraction of sp³-hybridized carbons (Fsp3) is 0.368. The lowest BCUT2D eigenvalue weighted by atomic mass is 10.1. The highest BCUT2D eigenvalue weighted by molar-refractivity contribution is 7.13. The van der Waals surface area contributed by atoms with Crippen molar-refractivity contribution in [3.63, 3.8) is 0 Å². The summed E-state index contributed by atoms with van der Waals surface area (Å²) in [6, 6.07) is 5.65. The van der Waals surface area contributed by atoms with Crippen LogP contribution in [0.5, 0.6) is 0 Å². The summed E-state index contributed by atoms with van der Waals surface area (Å²) < 4.78 is 7.00. The Morgan fingerprint density at radius 3 is 2.70 bits per heavy atom. The summed E-state index contributed by atoms with van der Waals surface area (Å²) in [5.41, 5.74) is 1.65. The molecule has 0 aromatic carbocycles. The van der Waals surface area contributed by atoms with E-state index >= 15 is 0 Å². The standard InChI is InChI=1S/C19H22N4O3S/c1-11(2)21-17(24)10-26-19(25)13-8-15(16-6-5-7-27-16)22-18-14(13)9-20-23(18)12(3)4/h5-9,11-12H,10H2,1-4H3,(H,21,24). The van der Waals surface area contributed by atoms with Gasteiger partial charge in [0.1, 0.15) is 0 Å². The molecular formula is C19H22N4O3S. The Bertz CT molecular complexity index is 961. The number of nitrogens with zero attached hydrogens (tertiary/aromatic N) is 3. The molecule has 0 atom stereocenters. The van der Waals surface area contributed by atoms with Crippen LogP contribution in [0.2, 0.25) is 0 Å². The van der Waals surface area contributed by atoms with E-state index in [1.807, 2.05) is 45.2 Å². The van der Waals surface area contributed by atoms with E-state index in [-0.39, 0.29) is 24.6 Å². The molecule has 0 aliphatic heterocycles. The number of thiophene rings is 1. The molecule has 1 amide bonds. The first-order chi connectivity index (χ1) is 12.9. The Hall–Kier alpha value is -2.74. The summed E-state index contributed by atoms with van der Waals surface area (Å²) in [6.45, 7) is 7.37. The third-order valence-electron chi connectivity index (χ3n) is 3.83. The fourth-order valence-corrected chi connectivity index (χ4v) is 3.37. The number of aromatic nitrogens is 3. The van der Waals surface area contributed by atoms with Crippen molar-refractivity contribution in [3.8, 4) is 10.6 Å². The molecule has 3 heterocycles. The van der Waals surface area contributed by atoms with Gasteiger partial charge in [0, 0.05) is 12.1 Å². The summed E-state index contributed by atoms with van der Waals surface area (Å²) in [4.78, 5) is 30.1. The maximum absolute atomic E-state index is 12.7. The maximum Gasteiger partial charge on any atom is 0.339 e. The van der Waals surface area contributed by atoms with Gasteiger partial charge in [-0.05, 0) is 45.2 Å². The molecule has 0 spiro atoms. The minimum absolute atomic E-state index is 0.0152. The summed E-state index contributed by atoms with van der Waals surface area (Å²) in [6.07, 6.45) is 1.62. The minimum atomic E-state index is -0.567. The smallest absolute Gasteiger partial charge is 0.339 e. The Morgan fingerprint density at radius 1 is 1.30 bits per heavy atom. The number of amides is 1. The first kappa shape index (κ1) is 19.0. The average molecular weight is 386 g/mol. The average Bonchev–Trinajstić information content (AvgIpc) is 3.27. The molecule has 3 rings (SSSR count). The van der Waals surface area contributed by atoms with E-state index in [4.69, 9.17) is 9.72 Å². The Kier molecular flexibility index (Phi) is 5.55. The van der Waals surface area contributed by atoms with Crippen molar-refractivity contribution < 1.29 is 14.3 Å². The van der Waals surface area contributed by atoms with Gasteiger partial charge in [0.2, 0.25) is 0 Å². The molecule has 142 valence electrons. The molecule has 0 fully saturated rings. The highest BCUT2D eigenvalue weighted by Crippen LogP contribution is 2.29. The van der Waals surface area contributed by atoms with E-state index in [9.17, 15) is 9.59 Å². The predicted octanol–water partition coefficient (Wildman–Crippen LogP) is 3.42. The molecular weight excluding hydrogens is 364 g/mol. The molecule has 0 aliphatic rings. The molecule has 3 aromatic heterocycles. The second-order valence-corrected chi connectivity index (χ2v) is 7.70. The number of carbonyl (C=O) groups is 2.